The van der Waals surface area contributed by atoms with Crippen molar-refractivity contribution in [1.82, 2.24) is 20.4 Å². The van der Waals surface area contributed by atoms with Crippen LogP contribution in [0.15, 0.2) is 29.5 Å². The molecule has 0 aromatic carbocycles. The van der Waals surface area contributed by atoms with E-state index in [-0.39, 0.29) is 24.0 Å². The molecule has 0 aliphatic rings. The second-order valence-corrected chi connectivity index (χ2v) is 6.63. The molecule has 7 heteroatoms. The fourth-order valence-electron chi connectivity index (χ4n) is 2.17. The second-order valence-electron chi connectivity index (χ2n) is 5.26. The molecular formula is C16H26IN5S. The average molecular weight is 447 g/mol. The molecule has 2 aromatic heterocycles. The minimum absolute atomic E-state index is 0. The Hall–Kier alpha value is -1.09. The molecule has 0 spiro atoms. The first-order chi connectivity index (χ1) is 10.7. The summed E-state index contributed by atoms with van der Waals surface area (Å²) in [7, 11) is 1.95. The van der Waals surface area contributed by atoms with Crippen LogP contribution in [0.25, 0.3) is 0 Å². The third-order valence-electron chi connectivity index (χ3n) is 3.23. The number of rotatable bonds is 7. The normalized spacial score (nSPS) is 11.2. The van der Waals surface area contributed by atoms with Crippen LogP contribution < -0.4 is 10.6 Å². The average Bonchev–Trinajstić information content (AvgIpc) is 3.09. The SMILES string of the molecule is CCNC(=NCc1ccc(C)s1)NCCCc1cnn(C)c1.I. The van der Waals surface area contributed by atoms with Gasteiger partial charge in [0.1, 0.15) is 0 Å². The first kappa shape index (κ1) is 20.0. The first-order valence-corrected chi connectivity index (χ1v) is 8.54. The Morgan fingerprint density at radius 1 is 1.35 bits per heavy atom. The van der Waals surface area contributed by atoms with Crippen LogP contribution in [0.3, 0.4) is 0 Å². The molecule has 0 bridgehead atoms. The first-order valence-electron chi connectivity index (χ1n) is 7.72. The third kappa shape index (κ3) is 7.34. The molecule has 0 unspecified atom stereocenters. The monoisotopic (exact) mass is 447 g/mol. The highest BCUT2D eigenvalue weighted by atomic mass is 127. The Labute approximate surface area is 159 Å². The van der Waals surface area contributed by atoms with E-state index in [0.29, 0.717) is 0 Å². The lowest BCUT2D eigenvalue weighted by atomic mass is 10.2. The molecule has 0 radical (unpaired) electrons. The summed E-state index contributed by atoms with van der Waals surface area (Å²) < 4.78 is 1.84. The molecule has 0 saturated carbocycles. The maximum absolute atomic E-state index is 4.63. The summed E-state index contributed by atoms with van der Waals surface area (Å²) in [6, 6.07) is 4.29. The van der Waals surface area contributed by atoms with Gasteiger partial charge in [0, 0.05) is 36.1 Å². The third-order valence-corrected chi connectivity index (χ3v) is 4.21. The second kappa shape index (κ2) is 10.6. The Balaban J connectivity index is 0.00000264. The zero-order valence-electron chi connectivity index (χ0n) is 14.0. The van der Waals surface area contributed by atoms with E-state index >= 15 is 0 Å². The molecule has 0 fully saturated rings. The number of nitrogens with zero attached hydrogens (tertiary/aromatic N) is 3. The molecule has 0 aliphatic carbocycles. The molecule has 2 N–H and O–H groups in total. The van der Waals surface area contributed by atoms with Crippen LogP contribution in [-0.4, -0.2) is 28.8 Å². The number of hydrogen-bond donors (Lipinski definition) is 2. The highest BCUT2D eigenvalue weighted by Crippen LogP contribution is 2.15. The number of hydrogen-bond acceptors (Lipinski definition) is 3. The predicted octanol–water partition coefficient (Wildman–Crippen LogP) is 3.10. The van der Waals surface area contributed by atoms with Crippen LogP contribution >= 0.6 is 35.3 Å². The van der Waals surface area contributed by atoms with Gasteiger partial charge in [-0.05, 0) is 44.4 Å². The van der Waals surface area contributed by atoms with Crippen molar-refractivity contribution in [1.29, 1.82) is 0 Å². The summed E-state index contributed by atoms with van der Waals surface area (Å²) in [5.41, 5.74) is 1.28. The summed E-state index contributed by atoms with van der Waals surface area (Å²) in [4.78, 5) is 7.26. The number of guanidine groups is 1. The minimum Gasteiger partial charge on any atom is -0.357 e. The maximum atomic E-state index is 4.63. The maximum Gasteiger partial charge on any atom is 0.191 e. The van der Waals surface area contributed by atoms with E-state index in [1.807, 2.05) is 17.9 Å². The number of aliphatic imine (C=N–C) groups is 1. The van der Waals surface area contributed by atoms with Crippen molar-refractivity contribution in [3.63, 3.8) is 0 Å². The van der Waals surface area contributed by atoms with Crippen LogP contribution in [0.2, 0.25) is 0 Å². The van der Waals surface area contributed by atoms with E-state index in [1.165, 1.54) is 15.3 Å². The molecule has 0 aliphatic heterocycles. The van der Waals surface area contributed by atoms with Gasteiger partial charge in [-0.2, -0.15) is 5.10 Å². The van der Waals surface area contributed by atoms with Crippen molar-refractivity contribution in [3.05, 3.63) is 39.8 Å². The summed E-state index contributed by atoms with van der Waals surface area (Å²) >= 11 is 1.80. The van der Waals surface area contributed by atoms with Crippen molar-refractivity contribution in [2.45, 2.75) is 33.2 Å². The molecular weight excluding hydrogens is 421 g/mol. The van der Waals surface area contributed by atoms with Gasteiger partial charge in [0.15, 0.2) is 5.96 Å². The van der Waals surface area contributed by atoms with E-state index in [9.17, 15) is 0 Å². The van der Waals surface area contributed by atoms with Crippen molar-refractivity contribution < 1.29 is 0 Å². The zero-order valence-corrected chi connectivity index (χ0v) is 17.1. The molecule has 128 valence electrons. The van der Waals surface area contributed by atoms with Gasteiger partial charge < -0.3 is 10.6 Å². The van der Waals surface area contributed by atoms with E-state index in [0.717, 1.165) is 38.4 Å². The minimum atomic E-state index is 0. The van der Waals surface area contributed by atoms with Gasteiger partial charge in [0.2, 0.25) is 0 Å². The highest BCUT2D eigenvalue weighted by molar-refractivity contribution is 14.0. The van der Waals surface area contributed by atoms with Gasteiger partial charge in [0.05, 0.1) is 12.7 Å². The van der Waals surface area contributed by atoms with Crippen LogP contribution in [-0.2, 0) is 20.0 Å². The highest BCUT2D eigenvalue weighted by Gasteiger charge is 2.00. The lowest BCUT2D eigenvalue weighted by Gasteiger charge is -2.10. The smallest absolute Gasteiger partial charge is 0.191 e. The Morgan fingerprint density at radius 3 is 2.78 bits per heavy atom. The van der Waals surface area contributed by atoms with Gasteiger partial charge in [-0.15, -0.1) is 35.3 Å². The fraction of sp³-hybridized carbons (Fsp3) is 0.500. The van der Waals surface area contributed by atoms with Crippen molar-refractivity contribution in [2.75, 3.05) is 13.1 Å². The number of thiophene rings is 1. The lowest BCUT2D eigenvalue weighted by Crippen LogP contribution is -2.37. The number of halogens is 1. The molecule has 2 rings (SSSR count). The topological polar surface area (TPSA) is 54.2 Å². The standard InChI is InChI=1S/C16H25N5S.HI/c1-4-17-16(19-11-15-8-7-13(2)22-15)18-9-5-6-14-10-20-21(3)12-14;/h7-8,10,12H,4-6,9,11H2,1-3H3,(H2,17,18,19);1H. The number of nitrogens with one attached hydrogen (secondary N) is 2. The fourth-order valence-corrected chi connectivity index (χ4v) is 2.98. The largest absolute Gasteiger partial charge is 0.357 e. The van der Waals surface area contributed by atoms with E-state index < -0.39 is 0 Å². The summed E-state index contributed by atoms with van der Waals surface area (Å²) in [6.45, 7) is 6.72. The van der Waals surface area contributed by atoms with Crippen molar-refractivity contribution >= 4 is 41.3 Å². The van der Waals surface area contributed by atoms with E-state index in [1.54, 1.807) is 11.3 Å². The molecule has 0 saturated heterocycles. The Morgan fingerprint density at radius 2 is 2.17 bits per heavy atom. The quantitative estimate of drug-likeness (QED) is 0.297. The van der Waals surface area contributed by atoms with Gasteiger partial charge >= 0.3 is 0 Å². The summed E-state index contributed by atoms with van der Waals surface area (Å²) in [6.07, 6.45) is 6.09. The molecule has 5 nitrogen and oxygen atoms in total. The Kier molecular flexibility index (Phi) is 9.23. The van der Waals surface area contributed by atoms with Crippen LogP contribution in [0, 0.1) is 6.92 Å². The van der Waals surface area contributed by atoms with Gasteiger partial charge in [0.25, 0.3) is 0 Å². The molecule has 2 heterocycles. The van der Waals surface area contributed by atoms with Crippen molar-refractivity contribution in [3.8, 4) is 0 Å². The number of aromatic nitrogens is 2. The van der Waals surface area contributed by atoms with Gasteiger partial charge in [-0.25, -0.2) is 4.99 Å². The summed E-state index contributed by atoms with van der Waals surface area (Å²) in [5.74, 6) is 0.889. The van der Waals surface area contributed by atoms with Crippen molar-refractivity contribution in [2.24, 2.45) is 12.0 Å². The van der Waals surface area contributed by atoms with Crippen LogP contribution in [0.5, 0.6) is 0 Å². The summed E-state index contributed by atoms with van der Waals surface area (Å²) in [5, 5.41) is 10.9. The van der Waals surface area contributed by atoms with Crippen LogP contribution in [0.4, 0.5) is 0 Å². The Bertz CT molecular complexity index is 605. The molecule has 2 aromatic rings. The van der Waals surface area contributed by atoms with Gasteiger partial charge in [-0.3, -0.25) is 4.68 Å². The zero-order chi connectivity index (χ0) is 15.8. The molecule has 0 amide bonds. The van der Waals surface area contributed by atoms with E-state index in [2.05, 4.69) is 52.9 Å². The van der Waals surface area contributed by atoms with Gasteiger partial charge in [-0.1, -0.05) is 0 Å². The van der Waals surface area contributed by atoms with E-state index in [4.69, 9.17) is 0 Å². The predicted molar refractivity (Wildman–Crippen MR) is 109 cm³/mol. The van der Waals surface area contributed by atoms with Crippen LogP contribution in [0.1, 0.15) is 28.7 Å². The molecule has 0 atom stereocenters. The molecule has 23 heavy (non-hydrogen) atoms. The lowest BCUT2D eigenvalue weighted by molar-refractivity contribution is 0.741. The number of aryl methyl sites for hydroxylation is 3.